The third-order valence-corrected chi connectivity index (χ3v) is 1.69. The highest BCUT2D eigenvalue weighted by Crippen LogP contribution is 2.11. The maximum Gasteiger partial charge on any atom is 0.197 e. The van der Waals surface area contributed by atoms with E-state index in [1.54, 1.807) is 6.07 Å². The van der Waals surface area contributed by atoms with Crippen molar-refractivity contribution in [3.8, 4) is 0 Å². The Hall–Kier alpha value is -0.000000000000000111. The first-order valence-electron chi connectivity index (χ1n) is 2.61. The summed E-state index contributed by atoms with van der Waals surface area (Å²) in [6, 6.07) is 1.78. The van der Waals surface area contributed by atoms with Crippen molar-refractivity contribution in [1.29, 1.82) is 0 Å². The van der Waals surface area contributed by atoms with Gasteiger partial charge in [0.25, 0.3) is 0 Å². The Balaban J connectivity index is 3.06. The number of nitrogens with two attached hydrogens (primary N) is 1. The Morgan fingerprint density at radius 1 is 1.40 bits per heavy atom. The molecule has 1 aromatic heterocycles. The summed E-state index contributed by atoms with van der Waals surface area (Å²) in [5, 5.41) is 0. The molecule has 0 bridgehead atoms. The summed E-state index contributed by atoms with van der Waals surface area (Å²) < 4.78 is 1.30. The third-order valence-electron chi connectivity index (χ3n) is 0.930. The second-order valence-corrected chi connectivity index (χ2v) is 3.18. The molecule has 1 heterocycles. The van der Waals surface area contributed by atoms with Gasteiger partial charge in [0.2, 0.25) is 0 Å². The Bertz CT molecular complexity index is 218. The van der Waals surface area contributed by atoms with Crippen LogP contribution in [0.1, 0.15) is 5.69 Å². The number of hydrogen-bond donors (Lipinski definition) is 1. The molecule has 0 atom stereocenters. The van der Waals surface area contributed by atoms with Gasteiger partial charge in [-0.05, 0) is 37.9 Å². The van der Waals surface area contributed by atoms with Gasteiger partial charge in [-0.2, -0.15) is 0 Å². The third kappa shape index (κ3) is 2.00. The quantitative estimate of drug-likeness (QED) is 0.619. The topological polar surface area (TPSA) is 51.8 Å². The summed E-state index contributed by atoms with van der Waals surface area (Å²) in [6.07, 6.45) is 0. The average molecular weight is 267 g/mol. The summed E-state index contributed by atoms with van der Waals surface area (Å²) in [4.78, 5) is 7.95. The molecule has 2 N–H and O–H groups in total. The lowest BCUT2D eigenvalue weighted by Crippen LogP contribution is -2.00. The first kappa shape index (κ1) is 8.10. The average Bonchev–Trinajstić information content (AvgIpc) is 1.85. The van der Waals surface area contributed by atoms with Crippen molar-refractivity contribution in [3.63, 3.8) is 0 Å². The molecule has 0 fully saturated rings. The van der Waals surface area contributed by atoms with Crippen molar-refractivity contribution >= 4 is 31.9 Å². The van der Waals surface area contributed by atoms with Gasteiger partial charge in [0.15, 0.2) is 4.73 Å². The van der Waals surface area contributed by atoms with Crippen LogP contribution in [0.2, 0.25) is 0 Å². The minimum absolute atomic E-state index is 0.430. The van der Waals surface area contributed by atoms with Crippen LogP contribution < -0.4 is 5.73 Å². The predicted octanol–water partition coefficient (Wildman–Crippen LogP) is 1.46. The number of hydrogen-bond acceptors (Lipinski definition) is 3. The SMILES string of the molecule is NCc1cc(Br)nc(Br)n1. The highest BCUT2D eigenvalue weighted by molar-refractivity contribution is 9.11. The van der Waals surface area contributed by atoms with E-state index in [2.05, 4.69) is 41.8 Å². The molecule has 0 spiro atoms. The van der Waals surface area contributed by atoms with Gasteiger partial charge in [0.05, 0.1) is 5.69 Å². The van der Waals surface area contributed by atoms with E-state index < -0.39 is 0 Å². The van der Waals surface area contributed by atoms with Crippen molar-refractivity contribution in [2.45, 2.75) is 6.54 Å². The molecule has 0 aliphatic rings. The van der Waals surface area contributed by atoms with Crippen molar-refractivity contribution in [3.05, 3.63) is 21.1 Å². The summed E-state index contributed by atoms with van der Waals surface area (Å²) in [7, 11) is 0. The van der Waals surface area contributed by atoms with Gasteiger partial charge in [-0.15, -0.1) is 0 Å². The van der Waals surface area contributed by atoms with Crippen LogP contribution in [0.3, 0.4) is 0 Å². The van der Waals surface area contributed by atoms with Crippen molar-refractivity contribution < 1.29 is 0 Å². The molecular weight excluding hydrogens is 262 g/mol. The molecule has 5 heteroatoms. The first-order chi connectivity index (χ1) is 4.72. The van der Waals surface area contributed by atoms with E-state index in [1.807, 2.05) is 0 Å². The van der Waals surface area contributed by atoms with Crippen molar-refractivity contribution in [2.24, 2.45) is 5.73 Å². The van der Waals surface area contributed by atoms with E-state index in [0.717, 1.165) is 10.3 Å². The van der Waals surface area contributed by atoms with E-state index >= 15 is 0 Å². The van der Waals surface area contributed by atoms with Crippen LogP contribution in [0.25, 0.3) is 0 Å². The molecule has 54 valence electrons. The van der Waals surface area contributed by atoms with Crippen molar-refractivity contribution in [1.82, 2.24) is 9.97 Å². The van der Waals surface area contributed by atoms with Crippen LogP contribution in [0, 0.1) is 0 Å². The summed E-state index contributed by atoms with van der Waals surface area (Å²) >= 11 is 6.36. The van der Waals surface area contributed by atoms with Crippen molar-refractivity contribution in [2.75, 3.05) is 0 Å². The van der Waals surface area contributed by atoms with Crippen LogP contribution in [-0.2, 0) is 6.54 Å². The molecule has 0 amide bonds. The fourth-order valence-corrected chi connectivity index (χ4v) is 1.63. The van der Waals surface area contributed by atoms with Gasteiger partial charge < -0.3 is 5.73 Å². The lowest BCUT2D eigenvalue weighted by molar-refractivity contribution is 0.935. The lowest BCUT2D eigenvalue weighted by atomic mass is 10.4. The maximum atomic E-state index is 5.36. The van der Waals surface area contributed by atoms with E-state index in [4.69, 9.17) is 5.73 Å². The molecular formula is C5H5Br2N3. The second-order valence-electron chi connectivity index (χ2n) is 1.66. The monoisotopic (exact) mass is 265 g/mol. The predicted molar refractivity (Wildman–Crippen MR) is 45.3 cm³/mol. The Morgan fingerprint density at radius 2 is 2.10 bits per heavy atom. The zero-order chi connectivity index (χ0) is 7.56. The van der Waals surface area contributed by atoms with Gasteiger partial charge in [-0.25, -0.2) is 9.97 Å². The lowest BCUT2D eigenvalue weighted by Gasteiger charge is -1.96. The van der Waals surface area contributed by atoms with Gasteiger partial charge in [-0.1, -0.05) is 0 Å². The minimum atomic E-state index is 0.430. The zero-order valence-corrected chi connectivity index (χ0v) is 8.18. The molecule has 0 saturated carbocycles. The fraction of sp³-hybridized carbons (Fsp3) is 0.200. The van der Waals surface area contributed by atoms with Crippen LogP contribution in [0.5, 0.6) is 0 Å². The molecule has 0 saturated heterocycles. The van der Waals surface area contributed by atoms with E-state index in [0.29, 0.717) is 11.3 Å². The molecule has 1 aromatic rings. The van der Waals surface area contributed by atoms with Gasteiger partial charge in [-0.3, -0.25) is 0 Å². The molecule has 10 heavy (non-hydrogen) atoms. The minimum Gasteiger partial charge on any atom is -0.325 e. The van der Waals surface area contributed by atoms with Crippen LogP contribution >= 0.6 is 31.9 Å². The molecule has 0 radical (unpaired) electrons. The Labute approximate surface area is 75.3 Å². The number of halogens is 2. The first-order valence-corrected chi connectivity index (χ1v) is 4.20. The maximum absolute atomic E-state index is 5.36. The Kier molecular flexibility index (Phi) is 2.76. The van der Waals surface area contributed by atoms with Crippen LogP contribution in [0.15, 0.2) is 15.4 Å². The summed E-state index contributed by atoms with van der Waals surface area (Å²) in [6.45, 7) is 0.430. The normalized spacial score (nSPS) is 9.90. The zero-order valence-electron chi connectivity index (χ0n) is 5.01. The fourth-order valence-electron chi connectivity index (χ4n) is 0.538. The van der Waals surface area contributed by atoms with Gasteiger partial charge >= 0.3 is 0 Å². The van der Waals surface area contributed by atoms with Crippen LogP contribution in [-0.4, -0.2) is 9.97 Å². The molecule has 0 aliphatic carbocycles. The van der Waals surface area contributed by atoms with Gasteiger partial charge in [0.1, 0.15) is 4.60 Å². The summed E-state index contributed by atoms with van der Waals surface area (Å²) in [5.41, 5.74) is 6.17. The number of rotatable bonds is 1. The molecule has 1 rings (SSSR count). The number of aromatic nitrogens is 2. The molecule has 3 nitrogen and oxygen atoms in total. The molecule has 0 unspecified atom stereocenters. The Morgan fingerprint density at radius 3 is 2.60 bits per heavy atom. The standard InChI is InChI=1S/C5H5Br2N3/c6-4-1-3(2-8)9-5(7)10-4/h1H,2,8H2. The highest BCUT2D eigenvalue weighted by Gasteiger charge is 1.96. The van der Waals surface area contributed by atoms with E-state index in [9.17, 15) is 0 Å². The van der Waals surface area contributed by atoms with E-state index in [-0.39, 0.29) is 0 Å². The smallest absolute Gasteiger partial charge is 0.197 e. The van der Waals surface area contributed by atoms with Crippen LogP contribution in [0.4, 0.5) is 0 Å². The second kappa shape index (κ2) is 3.41. The molecule has 0 aliphatic heterocycles. The number of nitrogens with zero attached hydrogens (tertiary/aromatic N) is 2. The molecule has 0 aromatic carbocycles. The highest BCUT2D eigenvalue weighted by atomic mass is 79.9. The van der Waals surface area contributed by atoms with E-state index in [1.165, 1.54) is 0 Å². The van der Waals surface area contributed by atoms with Gasteiger partial charge in [0, 0.05) is 6.54 Å². The summed E-state index contributed by atoms with van der Waals surface area (Å²) in [5.74, 6) is 0. The largest absolute Gasteiger partial charge is 0.325 e.